The number of esters is 1. The number of ether oxygens (including phenoxy) is 1. The summed E-state index contributed by atoms with van der Waals surface area (Å²) in [5, 5.41) is 0. The molecule has 3 heteroatoms. The van der Waals surface area contributed by atoms with Crippen LogP contribution in [0.3, 0.4) is 0 Å². The molecule has 2 aromatic carbocycles. The van der Waals surface area contributed by atoms with E-state index in [1.165, 1.54) is 19.1 Å². The zero-order chi connectivity index (χ0) is 18.8. The third-order valence-electron chi connectivity index (χ3n) is 6.21. The number of hydrogen-bond acceptors (Lipinski definition) is 3. The Morgan fingerprint density at radius 3 is 2.33 bits per heavy atom. The SMILES string of the molecule is COC(=O)C1C2CC[C@H](C[C@@H]1c1ccc(C#Cc3ccccc3)cc1)N2C. The lowest BCUT2D eigenvalue weighted by atomic mass is 9.76. The monoisotopic (exact) mass is 359 g/mol. The molecule has 2 aliphatic heterocycles. The summed E-state index contributed by atoms with van der Waals surface area (Å²) < 4.78 is 5.16. The van der Waals surface area contributed by atoms with E-state index in [1.54, 1.807) is 0 Å². The van der Waals surface area contributed by atoms with Crippen LogP contribution < -0.4 is 0 Å². The minimum Gasteiger partial charge on any atom is -0.469 e. The van der Waals surface area contributed by atoms with E-state index in [2.05, 4.69) is 48.1 Å². The van der Waals surface area contributed by atoms with Crippen molar-refractivity contribution >= 4 is 5.97 Å². The highest BCUT2D eigenvalue weighted by molar-refractivity contribution is 5.75. The van der Waals surface area contributed by atoms with Crippen LogP contribution in [0.25, 0.3) is 0 Å². The number of fused-ring (bicyclic) bond motifs is 2. The quantitative estimate of drug-likeness (QED) is 0.603. The molecule has 0 amide bonds. The van der Waals surface area contributed by atoms with Gasteiger partial charge >= 0.3 is 5.97 Å². The van der Waals surface area contributed by atoms with E-state index in [1.807, 2.05) is 30.3 Å². The van der Waals surface area contributed by atoms with Gasteiger partial charge in [0.25, 0.3) is 0 Å². The molecule has 3 nitrogen and oxygen atoms in total. The van der Waals surface area contributed by atoms with Gasteiger partial charge in [-0.2, -0.15) is 0 Å². The Bertz CT molecular complexity index is 863. The van der Waals surface area contributed by atoms with Crippen LogP contribution in [0.2, 0.25) is 0 Å². The molecule has 2 unspecified atom stereocenters. The molecule has 2 saturated heterocycles. The second-order valence-electron chi connectivity index (χ2n) is 7.59. The van der Waals surface area contributed by atoms with Crippen LogP contribution in [0.15, 0.2) is 54.6 Å². The molecule has 0 radical (unpaired) electrons. The summed E-state index contributed by atoms with van der Waals surface area (Å²) in [6, 6.07) is 19.3. The first-order chi connectivity index (χ1) is 13.2. The molecule has 2 fully saturated rings. The highest BCUT2D eigenvalue weighted by Gasteiger charge is 2.49. The number of rotatable bonds is 2. The van der Waals surface area contributed by atoms with Gasteiger partial charge in [0, 0.05) is 29.1 Å². The molecule has 0 aliphatic carbocycles. The van der Waals surface area contributed by atoms with Gasteiger partial charge in [0.1, 0.15) is 0 Å². The molecule has 2 bridgehead atoms. The fraction of sp³-hybridized carbons (Fsp3) is 0.375. The molecule has 138 valence electrons. The molecule has 2 heterocycles. The predicted molar refractivity (Wildman–Crippen MR) is 106 cm³/mol. The average molecular weight is 359 g/mol. The summed E-state index contributed by atoms with van der Waals surface area (Å²) in [5.74, 6) is 6.48. The Balaban J connectivity index is 1.57. The van der Waals surface area contributed by atoms with Gasteiger partial charge in [-0.15, -0.1) is 0 Å². The van der Waals surface area contributed by atoms with Crippen molar-refractivity contribution in [1.29, 1.82) is 0 Å². The van der Waals surface area contributed by atoms with Gasteiger partial charge < -0.3 is 4.74 Å². The summed E-state index contributed by atoms with van der Waals surface area (Å²) in [7, 11) is 3.65. The number of hydrogen-bond donors (Lipinski definition) is 0. The molecule has 4 atom stereocenters. The summed E-state index contributed by atoms with van der Waals surface area (Å²) in [6.07, 6.45) is 3.27. The number of carbonyl (C=O) groups is 1. The molecule has 2 aromatic rings. The van der Waals surface area contributed by atoms with Crippen molar-refractivity contribution in [3.05, 3.63) is 71.3 Å². The molecule has 2 aliphatic rings. The molecular weight excluding hydrogens is 334 g/mol. The van der Waals surface area contributed by atoms with Gasteiger partial charge in [0.15, 0.2) is 0 Å². The lowest BCUT2D eigenvalue weighted by Crippen LogP contribution is -2.49. The Morgan fingerprint density at radius 2 is 1.67 bits per heavy atom. The number of benzene rings is 2. The highest BCUT2D eigenvalue weighted by Crippen LogP contribution is 2.46. The van der Waals surface area contributed by atoms with Gasteiger partial charge in [-0.3, -0.25) is 9.69 Å². The lowest BCUT2D eigenvalue weighted by Gasteiger charge is -2.41. The van der Waals surface area contributed by atoms with Gasteiger partial charge in [0.2, 0.25) is 0 Å². The molecular formula is C24H25NO2. The second-order valence-corrected chi connectivity index (χ2v) is 7.59. The van der Waals surface area contributed by atoms with Crippen molar-refractivity contribution in [1.82, 2.24) is 4.90 Å². The molecule has 0 saturated carbocycles. The fourth-order valence-corrected chi connectivity index (χ4v) is 4.75. The maximum absolute atomic E-state index is 12.5. The molecule has 0 spiro atoms. The van der Waals surface area contributed by atoms with Crippen molar-refractivity contribution in [2.24, 2.45) is 5.92 Å². The van der Waals surface area contributed by atoms with E-state index >= 15 is 0 Å². The minimum atomic E-state index is -0.0833. The van der Waals surface area contributed by atoms with E-state index in [4.69, 9.17) is 4.74 Å². The second kappa shape index (κ2) is 7.58. The molecule has 0 aromatic heterocycles. The third-order valence-corrected chi connectivity index (χ3v) is 6.21. The smallest absolute Gasteiger partial charge is 0.310 e. The molecule has 27 heavy (non-hydrogen) atoms. The maximum Gasteiger partial charge on any atom is 0.310 e. The van der Waals surface area contributed by atoms with E-state index in [0.717, 1.165) is 24.0 Å². The first kappa shape index (κ1) is 17.8. The van der Waals surface area contributed by atoms with Crippen LogP contribution in [0.1, 0.15) is 41.9 Å². The summed E-state index contributed by atoms with van der Waals surface area (Å²) in [6.45, 7) is 0. The van der Waals surface area contributed by atoms with Crippen LogP contribution in [-0.4, -0.2) is 37.1 Å². The Morgan fingerprint density at radius 1 is 1.00 bits per heavy atom. The predicted octanol–water partition coefficient (Wildman–Crippen LogP) is 3.83. The zero-order valence-corrected chi connectivity index (χ0v) is 15.9. The van der Waals surface area contributed by atoms with Crippen molar-refractivity contribution in [3.63, 3.8) is 0 Å². The number of nitrogens with zero attached hydrogens (tertiary/aromatic N) is 1. The van der Waals surface area contributed by atoms with E-state index in [9.17, 15) is 4.79 Å². The highest BCUT2D eigenvalue weighted by atomic mass is 16.5. The topological polar surface area (TPSA) is 29.5 Å². The number of piperidine rings is 1. The van der Waals surface area contributed by atoms with Crippen LogP contribution in [-0.2, 0) is 9.53 Å². The van der Waals surface area contributed by atoms with Crippen molar-refractivity contribution in [3.8, 4) is 11.8 Å². The van der Waals surface area contributed by atoms with Crippen LogP contribution in [0, 0.1) is 17.8 Å². The standard InChI is InChI=1S/C24H25NO2/c1-25-20-14-15-22(25)23(24(26)27-2)21(16-20)19-12-10-18(11-13-19)9-8-17-6-4-3-5-7-17/h3-7,10-13,20-23H,14-16H2,1-2H3/t20-,21-,22?,23?/m1/s1. The average Bonchev–Trinajstić information content (AvgIpc) is 2.95. The Labute approximate surface area is 161 Å². The Hall–Kier alpha value is -2.57. The van der Waals surface area contributed by atoms with Gasteiger partial charge in [-0.05, 0) is 56.1 Å². The third kappa shape index (κ3) is 3.50. The fourth-order valence-electron chi connectivity index (χ4n) is 4.75. The van der Waals surface area contributed by atoms with Gasteiger partial charge in [-0.25, -0.2) is 0 Å². The van der Waals surface area contributed by atoms with Crippen molar-refractivity contribution in [2.45, 2.75) is 37.3 Å². The largest absolute Gasteiger partial charge is 0.469 e. The summed E-state index contributed by atoms with van der Waals surface area (Å²) in [5.41, 5.74) is 3.23. The number of methoxy groups -OCH3 is 1. The number of carbonyl (C=O) groups excluding carboxylic acids is 1. The molecule has 4 rings (SSSR count). The van der Waals surface area contributed by atoms with Crippen molar-refractivity contribution < 1.29 is 9.53 Å². The first-order valence-electron chi connectivity index (χ1n) is 9.64. The van der Waals surface area contributed by atoms with Crippen LogP contribution >= 0.6 is 0 Å². The van der Waals surface area contributed by atoms with Crippen LogP contribution in [0.5, 0.6) is 0 Å². The first-order valence-corrected chi connectivity index (χ1v) is 9.64. The minimum absolute atomic E-state index is 0.0786. The van der Waals surface area contributed by atoms with Gasteiger partial charge in [0.05, 0.1) is 13.0 Å². The maximum atomic E-state index is 12.5. The Kier molecular flexibility index (Phi) is 5.01. The van der Waals surface area contributed by atoms with E-state index in [0.29, 0.717) is 12.1 Å². The summed E-state index contributed by atoms with van der Waals surface area (Å²) >= 11 is 0. The van der Waals surface area contributed by atoms with Gasteiger partial charge in [-0.1, -0.05) is 42.2 Å². The van der Waals surface area contributed by atoms with Crippen molar-refractivity contribution in [2.75, 3.05) is 14.2 Å². The van der Waals surface area contributed by atoms with E-state index in [-0.39, 0.29) is 17.8 Å². The summed E-state index contributed by atoms with van der Waals surface area (Å²) in [4.78, 5) is 14.9. The lowest BCUT2D eigenvalue weighted by molar-refractivity contribution is -0.150. The van der Waals surface area contributed by atoms with Crippen LogP contribution in [0.4, 0.5) is 0 Å². The normalized spacial score (nSPS) is 26.9. The zero-order valence-electron chi connectivity index (χ0n) is 15.9. The van der Waals surface area contributed by atoms with E-state index < -0.39 is 0 Å². The molecule has 0 N–H and O–H groups in total.